The van der Waals surface area contributed by atoms with Crippen molar-refractivity contribution in [3.8, 4) is 11.5 Å². The first-order chi connectivity index (χ1) is 7.25. The molecule has 1 saturated carbocycles. The van der Waals surface area contributed by atoms with Gasteiger partial charge in [0, 0.05) is 0 Å². The highest BCUT2D eigenvalue weighted by atomic mass is 16.7. The second-order valence-electron chi connectivity index (χ2n) is 4.86. The van der Waals surface area contributed by atoms with Crippen LogP contribution in [-0.2, 0) is 0 Å². The van der Waals surface area contributed by atoms with E-state index in [1.54, 1.807) is 0 Å². The van der Waals surface area contributed by atoms with E-state index in [9.17, 15) is 0 Å². The van der Waals surface area contributed by atoms with Crippen LogP contribution in [0, 0.1) is 11.8 Å². The highest BCUT2D eigenvalue weighted by molar-refractivity contribution is 5.46. The third-order valence-corrected chi connectivity index (χ3v) is 3.52. The van der Waals surface area contributed by atoms with Crippen molar-refractivity contribution in [2.24, 2.45) is 11.8 Å². The molecule has 2 aliphatic rings. The van der Waals surface area contributed by atoms with Gasteiger partial charge in [0.2, 0.25) is 6.79 Å². The van der Waals surface area contributed by atoms with Crippen LogP contribution in [0.3, 0.4) is 0 Å². The van der Waals surface area contributed by atoms with Gasteiger partial charge in [0.1, 0.15) is 0 Å². The molecule has 1 aromatic carbocycles. The van der Waals surface area contributed by atoms with Gasteiger partial charge in [-0.1, -0.05) is 19.9 Å². The minimum atomic E-state index is 0.372. The van der Waals surface area contributed by atoms with Gasteiger partial charge in [-0.3, -0.25) is 0 Å². The lowest BCUT2D eigenvalue weighted by Gasteiger charge is -2.04. The fraction of sp³-hybridized carbons (Fsp3) is 0.538. The first-order valence-electron chi connectivity index (χ1n) is 5.65. The number of fused-ring (bicyclic) bond motifs is 1. The summed E-state index contributed by atoms with van der Waals surface area (Å²) in [4.78, 5) is 0. The minimum absolute atomic E-state index is 0.372. The average Bonchev–Trinajstić information content (AvgIpc) is 2.89. The van der Waals surface area contributed by atoms with Crippen molar-refractivity contribution in [1.29, 1.82) is 0 Å². The molecule has 2 atom stereocenters. The molecule has 0 aromatic heterocycles. The molecular weight excluding hydrogens is 188 g/mol. The zero-order valence-corrected chi connectivity index (χ0v) is 9.19. The summed E-state index contributed by atoms with van der Waals surface area (Å²) in [5.41, 5.74) is 1.41. The standard InChI is InChI=1S/C13H16O2/c1-8(2)10-6-11(10)9-3-4-12-13(5-9)15-7-14-12/h3-5,8,10-11H,6-7H2,1-2H3. The van der Waals surface area contributed by atoms with Crippen LogP contribution >= 0.6 is 0 Å². The van der Waals surface area contributed by atoms with Crippen molar-refractivity contribution in [2.75, 3.05) is 6.79 Å². The first-order valence-corrected chi connectivity index (χ1v) is 5.65. The molecule has 0 amide bonds. The predicted molar refractivity (Wildman–Crippen MR) is 58.3 cm³/mol. The number of benzene rings is 1. The van der Waals surface area contributed by atoms with E-state index in [2.05, 4.69) is 26.0 Å². The van der Waals surface area contributed by atoms with Gasteiger partial charge in [-0.25, -0.2) is 0 Å². The number of ether oxygens (including phenoxy) is 2. The smallest absolute Gasteiger partial charge is 0.231 e. The topological polar surface area (TPSA) is 18.5 Å². The molecule has 1 heterocycles. The van der Waals surface area contributed by atoms with Gasteiger partial charge in [-0.2, -0.15) is 0 Å². The van der Waals surface area contributed by atoms with Gasteiger partial charge < -0.3 is 9.47 Å². The Bertz CT molecular complexity index is 384. The summed E-state index contributed by atoms with van der Waals surface area (Å²) in [5.74, 6) is 4.22. The van der Waals surface area contributed by atoms with Crippen molar-refractivity contribution < 1.29 is 9.47 Å². The summed E-state index contributed by atoms with van der Waals surface area (Å²) >= 11 is 0. The molecule has 0 spiro atoms. The molecule has 1 fully saturated rings. The third kappa shape index (κ3) is 1.48. The molecule has 1 aliphatic carbocycles. The molecule has 2 nitrogen and oxygen atoms in total. The summed E-state index contributed by atoms with van der Waals surface area (Å²) in [7, 11) is 0. The van der Waals surface area contributed by atoms with Crippen LogP contribution in [0.15, 0.2) is 18.2 Å². The van der Waals surface area contributed by atoms with E-state index in [4.69, 9.17) is 9.47 Å². The molecule has 15 heavy (non-hydrogen) atoms. The fourth-order valence-electron chi connectivity index (χ4n) is 2.48. The van der Waals surface area contributed by atoms with E-state index in [0.717, 1.165) is 29.3 Å². The number of hydrogen-bond acceptors (Lipinski definition) is 2. The van der Waals surface area contributed by atoms with Crippen molar-refractivity contribution in [3.05, 3.63) is 23.8 Å². The van der Waals surface area contributed by atoms with Gasteiger partial charge in [0.25, 0.3) is 0 Å². The van der Waals surface area contributed by atoms with Crippen LogP contribution in [0.4, 0.5) is 0 Å². The molecule has 3 rings (SSSR count). The van der Waals surface area contributed by atoms with E-state index in [0.29, 0.717) is 6.79 Å². The lowest BCUT2D eigenvalue weighted by Crippen LogP contribution is -1.93. The Labute approximate surface area is 90.2 Å². The van der Waals surface area contributed by atoms with E-state index < -0.39 is 0 Å². The largest absolute Gasteiger partial charge is 0.454 e. The normalized spacial score (nSPS) is 27.1. The Morgan fingerprint density at radius 3 is 2.73 bits per heavy atom. The molecule has 80 valence electrons. The monoisotopic (exact) mass is 204 g/mol. The minimum Gasteiger partial charge on any atom is -0.454 e. The van der Waals surface area contributed by atoms with Crippen LogP contribution in [0.5, 0.6) is 11.5 Å². The second-order valence-corrected chi connectivity index (χ2v) is 4.86. The molecular formula is C13H16O2. The Morgan fingerprint density at radius 1 is 1.20 bits per heavy atom. The van der Waals surface area contributed by atoms with Crippen molar-refractivity contribution in [3.63, 3.8) is 0 Å². The Kier molecular flexibility index (Phi) is 1.91. The Morgan fingerprint density at radius 2 is 2.00 bits per heavy atom. The van der Waals surface area contributed by atoms with Gasteiger partial charge in [-0.05, 0) is 41.9 Å². The Balaban J connectivity index is 1.83. The van der Waals surface area contributed by atoms with Crippen LogP contribution in [0.25, 0.3) is 0 Å². The lowest BCUT2D eigenvalue weighted by molar-refractivity contribution is 0.174. The van der Waals surface area contributed by atoms with Gasteiger partial charge in [-0.15, -0.1) is 0 Å². The number of hydrogen-bond donors (Lipinski definition) is 0. The summed E-state index contributed by atoms with van der Waals surface area (Å²) in [6.07, 6.45) is 1.33. The Hall–Kier alpha value is -1.18. The maximum Gasteiger partial charge on any atom is 0.231 e. The van der Waals surface area contributed by atoms with E-state index >= 15 is 0 Å². The SMILES string of the molecule is CC(C)C1CC1c1ccc2c(c1)OCO2. The average molecular weight is 204 g/mol. The molecule has 1 aliphatic heterocycles. The van der Waals surface area contributed by atoms with E-state index in [1.165, 1.54) is 12.0 Å². The second kappa shape index (κ2) is 3.16. The maximum absolute atomic E-state index is 5.39. The highest BCUT2D eigenvalue weighted by Crippen LogP contribution is 2.53. The number of rotatable bonds is 2. The van der Waals surface area contributed by atoms with Crippen LogP contribution in [-0.4, -0.2) is 6.79 Å². The predicted octanol–water partition coefficient (Wildman–Crippen LogP) is 3.17. The van der Waals surface area contributed by atoms with Gasteiger partial charge in [0.15, 0.2) is 11.5 Å². The van der Waals surface area contributed by atoms with Crippen molar-refractivity contribution >= 4 is 0 Å². The maximum atomic E-state index is 5.39. The molecule has 0 bridgehead atoms. The van der Waals surface area contributed by atoms with Gasteiger partial charge in [0.05, 0.1) is 0 Å². The van der Waals surface area contributed by atoms with Crippen LogP contribution in [0.2, 0.25) is 0 Å². The van der Waals surface area contributed by atoms with E-state index in [-0.39, 0.29) is 0 Å². The quantitative estimate of drug-likeness (QED) is 0.736. The summed E-state index contributed by atoms with van der Waals surface area (Å²) < 4.78 is 10.7. The van der Waals surface area contributed by atoms with Crippen LogP contribution in [0.1, 0.15) is 31.7 Å². The molecule has 0 saturated heterocycles. The molecule has 0 radical (unpaired) electrons. The molecule has 2 unspecified atom stereocenters. The van der Waals surface area contributed by atoms with Gasteiger partial charge >= 0.3 is 0 Å². The van der Waals surface area contributed by atoms with Crippen molar-refractivity contribution in [1.82, 2.24) is 0 Å². The molecule has 0 N–H and O–H groups in total. The zero-order chi connectivity index (χ0) is 10.4. The summed E-state index contributed by atoms with van der Waals surface area (Å²) in [6.45, 7) is 4.98. The lowest BCUT2D eigenvalue weighted by atomic mass is 10.0. The van der Waals surface area contributed by atoms with E-state index in [1.807, 2.05) is 6.07 Å². The van der Waals surface area contributed by atoms with Crippen LogP contribution < -0.4 is 9.47 Å². The zero-order valence-electron chi connectivity index (χ0n) is 9.19. The highest BCUT2D eigenvalue weighted by Gasteiger charge is 2.40. The molecule has 1 aromatic rings. The molecule has 2 heteroatoms. The third-order valence-electron chi connectivity index (χ3n) is 3.52. The first kappa shape index (κ1) is 9.08. The van der Waals surface area contributed by atoms with Crippen molar-refractivity contribution in [2.45, 2.75) is 26.2 Å². The fourth-order valence-corrected chi connectivity index (χ4v) is 2.48. The summed E-state index contributed by atoms with van der Waals surface area (Å²) in [5, 5.41) is 0. The summed E-state index contributed by atoms with van der Waals surface area (Å²) in [6, 6.07) is 6.36.